The van der Waals surface area contributed by atoms with Crippen LogP contribution in [0, 0.1) is 0 Å². The van der Waals surface area contributed by atoms with Crippen LogP contribution in [0.2, 0.25) is 0 Å². The molecule has 2 atom stereocenters. The smallest absolute Gasteiger partial charge is 0.251 e. The second-order valence-electron chi connectivity index (χ2n) is 3.55. The number of aromatic amines is 1. The minimum atomic E-state index is -0.0928. The predicted molar refractivity (Wildman–Crippen MR) is 56.3 cm³/mol. The summed E-state index contributed by atoms with van der Waals surface area (Å²) >= 11 is 1.62. The first-order chi connectivity index (χ1) is 6.74. The van der Waals surface area contributed by atoms with Crippen LogP contribution in [0.5, 0.6) is 0 Å². The molecule has 0 bridgehead atoms. The Morgan fingerprint density at radius 1 is 1.57 bits per heavy atom. The van der Waals surface area contributed by atoms with Crippen molar-refractivity contribution in [1.82, 2.24) is 9.97 Å². The van der Waals surface area contributed by atoms with Crippen LogP contribution in [0.25, 0.3) is 0 Å². The summed E-state index contributed by atoms with van der Waals surface area (Å²) in [6.07, 6.45) is 4.75. The van der Waals surface area contributed by atoms with Crippen LogP contribution >= 0.6 is 11.8 Å². The van der Waals surface area contributed by atoms with E-state index in [1.807, 2.05) is 0 Å². The molecule has 1 aliphatic carbocycles. The van der Waals surface area contributed by atoms with E-state index in [1.54, 1.807) is 11.8 Å². The quantitative estimate of drug-likeness (QED) is 0.708. The lowest BCUT2D eigenvalue weighted by Crippen LogP contribution is -2.15. The highest BCUT2D eigenvalue weighted by molar-refractivity contribution is 7.99. The lowest BCUT2D eigenvalue weighted by Gasteiger charge is -2.06. The summed E-state index contributed by atoms with van der Waals surface area (Å²) in [4.78, 5) is 17.8. The molecule has 0 radical (unpaired) electrons. The van der Waals surface area contributed by atoms with Crippen molar-refractivity contribution in [1.29, 1.82) is 0 Å². The number of thioether (sulfide) groups is 1. The molecule has 1 fully saturated rings. The maximum absolute atomic E-state index is 11.0. The van der Waals surface area contributed by atoms with E-state index in [4.69, 9.17) is 5.73 Å². The Labute approximate surface area is 86.3 Å². The van der Waals surface area contributed by atoms with E-state index in [2.05, 4.69) is 9.97 Å². The fraction of sp³-hybridized carbons (Fsp3) is 0.556. The second-order valence-corrected chi connectivity index (χ2v) is 4.84. The van der Waals surface area contributed by atoms with Crippen LogP contribution in [0.3, 0.4) is 0 Å². The summed E-state index contributed by atoms with van der Waals surface area (Å²) in [6, 6.07) is 1.74. The molecule has 76 valence electrons. The van der Waals surface area contributed by atoms with Gasteiger partial charge in [0, 0.05) is 23.6 Å². The third-order valence-corrected chi connectivity index (χ3v) is 3.54. The molecule has 4 nitrogen and oxygen atoms in total. The number of H-pyrrole nitrogens is 1. The van der Waals surface area contributed by atoms with Crippen LogP contribution in [0.4, 0.5) is 0 Å². The summed E-state index contributed by atoms with van der Waals surface area (Å²) < 4.78 is 0. The van der Waals surface area contributed by atoms with Gasteiger partial charge in [-0.2, -0.15) is 0 Å². The van der Waals surface area contributed by atoms with Gasteiger partial charge in [-0.15, -0.1) is 0 Å². The van der Waals surface area contributed by atoms with E-state index >= 15 is 0 Å². The lowest BCUT2D eigenvalue weighted by atomic mass is 10.3. The van der Waals surface area contributed by atoms with Crippen molar-refractivity contribution in [2.24, 2.45) is 5.73 Å². The van der Waals surface area contributed by atoms with Crippen LogP contribution in [0.1, 0.15) is 19.3 Å². The fourth-order valence-corrected chi connectivity index (χ4v) is 2.84. The van der Waals surface area contributed by atoms with Crippen molar-refractivity contribution in [3.8, 4) is 0 Å². The monoisotopic (exact) mass is 211 g/mol. The Balaban J connectivity index is 2.01. The molecular formula is C9H13N3OS. The van der Waals surface area contributed by atoms with E-state index < -0.39 is 0 Å². The van der Waals surface area contributed by atoms with E-state index in [-0.39, 0.29) is 5.56 Å². The van der Waals surface area contributed by atoms with E-state index in [9.17, 15) is 4.79 Å². The molecule has 2 rings (SSSR count). The zero-order valence-electron chi connectivity index (χ0n) is 7.77. The van der Waals surface area contributed by atoms with Gasteiger partial charge < -0.3 is 10.7 Å². The van der Waals surface area contributed by atoms with Gasteiger partial charge in [-0.05, 0) is 19.3 Å². The molecule has 1 saturated carbocycles. The Morgan fingerprint density at radius 3 is 3.07 bits per heavy atom. The van der Waals surface area contributed by atoms with Crippen LogP contribution in [0.15, 0.2) is 22.2 Å². The first kappa shape index (κ1) is 9.73. The van der Waals surface area contributed by atoms with Gasteiger partial charge in [0.05, 0.1) is 0 Å². The Morgan fingerprint density at radius 2 is 2.43 bits per heavy atom. The van der Waals surface area contributed by atoms with Gasteiger partial charge in [-0.3, -0.25) is 4.79 Å². The first-order valence-electron chi connectivity index (χ1n) is 4.71. The largest absolute Gasteiger partial charge is 0.328 e. The Hall–Kier alpha value is -0.810. The molecule has 0 saturated heterocycles. The molecule has 0 aromatic carbocycles. The molecule has 1 aliphatic rings. The van der Waals surface area contributed by atoms with Gasteiger partial charge in [-0.25, -0.2) is 4.98 Å². The standard InChI is InChI=1S/C9H13N3OS/c10-6-1-2-7(5-6)14-9-11-4-3-8(13)12-9/h3-4,6-7H,1-2,5,10H2,(H,11,12,13). The molecule has 0 amide bonds. The molecule has 2 unspecified atom stereocenters. The summed E-state index contributed by atoms with van der Waals surface area (Å²) in [5, 5.41) is 1.21. The highest BCUT2D eigenvalue weighted by atomic mass is 32.2. The first-order valence-corrected chi connectivity index (χ1v) is 5.59. The minimum absolute atomic E-state index is 0.0928. The summed E-state index contributed by atoms with van der Waals surface area (Å²) in [5.41, 5.74) is 5.71. The summed E-state index contributed by atoms with van der Waals surface area (Å²) in [7, 11) is 0. The molecule has 14 heavy (non-hydrogen) atoms. The topological polar surface area (TPSA) is 71.8 Å². The van der Waals surface area contributed by atoms with Crippen molar-refractivity contribution < 1.29 is 0 Å². The normalized spacial score (nSPS) is 26.6. The van der Waals surface area contributed by atoms with Crippen LogP contribution in [-0.4, -0.2) is 21.3 Å². The van der Waals surface area contributed by atoms with Gasteiger partial charge in [0.1, 0.15) is 0 Å². The molecule has 0 aliphatic heterocycles. The molecule has 5 heteroatoms. The Kier molecular flexibility index (Phi) is 2.88. The lowest BCUT2D eigenvalue weighted by molar-refractivity contribution is 0.705. The number of hydrogen-bond acceptors (Lipinski definition) is 4. The Bertz CT molecular complexity index is 365. The van der Waals surface area contributed by atoms with Crippen molar-refractivity contribution in [3.05, 3.63) is 22.6 Å². The summed E-state index contributed by atoms with van der Waals surface area (Å²) in [5.74, 6) is 0. The highest BCUT2D eigenvalue weighted by Gasteiger charge is 2.23. The molecule has 1 aromatic rings. The number of rotatable bonds is 2. The van der Waals surface area contributed by atoms with Gasteiger partial charge >= 0.3 is 0 Å². The molecular weight excluding hydrogens is 198 g/mol. The summed E-state index contributed by atoms with van der Waals surface area (Å²) in [6.45, 7) is 0. The SMILES string of the molecule is NC1CCC(Sc2nccc(=O)[nH]2)C1. The average Bonchev–Trinajstić information content (AvgIpc) is 2.51. The zero-order valence-corrected chi connectivity index (χ0v) is 8.59. The van der Waals surface area contributed by atoms with E-state index in [0.29, 0.717) is 16.4 Å². The van der Waals surface area contributed by atoms with Crippen LogP contribution in [-0.2, 0) is 0 Å². The fourth-order valence-electron chi connectivity index (χ4n) is 1.65. The number of hydrogen-bond donors (Lipinski definition) is 2. The number of nitrogens with zero attached hydrogens (tertiary/aromatic N) is 1. The van der Waals surface area contributed by atoms with E-state index in [0.717, 1.165) is 19.3 Å². The average molecular weight is 211 g/mol. The van der Waals surface area contributed by atoms with Gasteiger partial charge in [0.15, 0.2) is 5.16 Å². The zero-order chi connectivity index (χ0) is 9.97. The highest BCUT2D eigenvalue weighted by Crippen LogP contribution is 2.31. The molecule has 3 N–H and O–H groups in total. The second kappa shape index (κ2) is 4.14. The maximum atomic E-state index is 11.0. The van der Waals surface area contributed by atoms with Crippen molar-refractivity contribution in [2.75, 3.05) is 0 Å². The molecule has 1 aromatic heterocycles. The molecule has 1 heterocycles. The van der Waals surface area contributed by atoms with Crippen LogP contribution < -0.4 is 11.3 Å². The maximum Gasteiger partial charge on any atom is 0.251 e. The van der Waals surface area contributed by atoms with Gasteiger partial charge in [0.25, 0.3) is 5.56 Å². The third kappa shape index (κ3) is 2.36. The number of nitrogens with one attached hydrogen (secondary N) is 1. The number of nitrogens with two attached hydrogens (primary N) is 1. The third-order valence-electron chi connectivity index (χ3n) is 2.35. The van der Waals surface area contributed by atoms with Gasteiger partial charge in [-0.1, -0.05) is 11.8 Å². The van der Waals surface area contributed by atoms with Crippen molar-refractivity contribution >= 4 is 11.8 Å². The van der Waals surface area contributed by atoms with E-state index in [1.165, 1.54) is 12.3 Å². The predicted octanol–water partition coefficient (Wildman–Crippen LogP) is 0.742. The van der Waals surface area contributed by atoms with Gasteiger partial charge in [0.2, 0.25) is 0 Å². The molecule has 0 spiro atoms. The van der Waals surface area contributed by atoms with Crippen molar-refractivity contribution in [2.45, 2.75) is 35.7 Å². The minimum Gasteiger partial charge on any atom is -0.328 e. The number of aromatic nitrogens is 2. The van der Waals surface area contributed by atoms with Crippen molar-refractivity contribution in [3.63, 3.8) is 0 Å².